The van der Waals surface area contributed by atoms with Crippen LogP contribution in [0.2, 0.25) is 0 Å². The molecule has 2 aromatic rings. The molecule has 1 nitrogen and oxygen atoms in total. The van der Waals surface area contributed by atoms with Gasteiger partial charge < -0.3 is 17.4 Å². The van der Waals surface area contributed by atoms with E-state index in [9.17, 15) is 12.9 Å². The summed E-state index contributed by atoms with van der Waals surface area (Å²) in [4.78, 5) is 0. The van der Waals surface area contributed by atoms with Gasteiger partial charge in [-0.2, -0.15) is 0 Å². The Morgan fingerprint density at radius 2 is 1.87 bits per heavy atom. The molecule has 15 heavy (non-hydrogen) atoms. The number of hydrogen-bond donors (Lipinski definition) is 0. The number of aryl methyl sites for hydroxylation is 1. The van der Waals surface area contributed by atoms with Crippen molar-refractivity contribution in [2.75, 3.05) is 0 Å². The second-order valence-corrected chi connectivity index (χ2v) is 3.27. The topological polar surface area (TPSA) is 13.1 Å². The van der Waals surface area contributed by atoms with Crippen LogP contribution in [-0.2, 0) is 0 Å². The van der Waals surface area contributed by atoms with E-state index in [4.69, 9.17) is 4.42 Å². The minimum absolute atomic E-state index is 0. The first kappa shape index (κ1) is 13.3. The predicted octanol–water partition coefficient (Wildman–Crippen LogP) is -0.200. The van der Waals surface area contributed by atoms with Crippen LogP contribution in [0, 0.1) is 6.92 Å². The van der Waals surface area contributed by atoms with Gasteiger partial charge in [0.2, 0.25) is 0 Å². The van der Waals surface area contributed by atoms with Crippen LogP contribution in [0.3, 0.4) is 0 Å². The quantitative estimate of drug-likeness (QED) is 0.627. The van der Waals surface area contributed by atoms with Gasteiger partial charge in [0.1, 0.15) is 5.58 Å². The minimum Gasteiger partial charge on any atom is -0.467 e. The molecule has 0 bridgehead atoms. The summed E-state index contributed by atoms with van der Waals surface area (Å²) in [5, 5.41) is 0.499. The Morgan fingerprint density at radius 3 is 2.47 bits per heavy atom. The fraction of sp³-hybridized carbons (Fsp3) is 0.111. The van der Waals surface area contributed by atoms with Crippen molar-refractivity contribution in [2.45, 2.75) is 6.92 Å². The number of furan rings is 1. The maximum Gasteiger partial charge on any atom is 1.00 e. The molecule has 0 saturated carbocycles. The van der Waals surface area contributed by atoms with E-state index in [0.717, 1.165) is 6.07 Å². The molecule has 0 N–H and O–H groups in total. The van der Waals surface area contributed by atoms with Crippen LogP contribution >= 0.6 is 0 Å². The van der Waals surface area contributed by atoms with Gasteiger partial charge in [0.25, 0.3) is 0 Å². The molecule has 0 radical (unpaired) electrons. The Balaban J connectivity index is 0.00000112. The minimum atomic E-state index is -5.00. The van der Waals surface area contributed by atoms with Crippen molar-refractivity contribution in [3.05, 3.63) is 30.0 Å². The smallest absolute Gasteiger partial charge is 0.467 e. The molecule has 1 aromatic heterocycles. The fourth-order valence-electron chi connectivity index (χ4n) is 1.51. The van der Waals surface area contributed by atoms with E-state index in [1.165, 1.54) is 12.3 Å². The van der Waals surface area contributed by atoms with Crippen molar-refractivity contribution in [1.82, 2.24) is 0 Å². The summed E-state index contributed by atoms with van der Waals surface area (Å²) in [6, 6.07) is 4.32. The summed E-state index contributed by atoms with van der Waals surface area (Å²) in [5.41, 5.74) is -0.124. The molecule has 6 heteroatoms. The summed E-state index contributed by atoms with van der Waals surface area (Å²) in [6.07, 6.45) is 1.27. The Morgan fingerprint density at radius 1 is 1.20 bits per heavy atom. The number of halogens is 3. The zero-order chi connectivity index (χ0) is 10.3. The van der Waals surface area contributed by atoms with Gasteiger partial charge in [-0.25, -0.2) is 0 Å². The summed E-state index contributed by atoms with van der Waals surface area (Å²) in [5.74, 6) is 0. The van der Waals surface area contributed by atoms with E-state index in [0.29, 0.717) is 10.9 Å². The van der Waals surface area contributed by atoms with E-state index in [2.05, 4.69) is 0 Å². The monoisotopic (exact) mass is 238 g/mol. The van der Waals surface area contributed by atoms with Gasteiger partial charge in [-0.3, -0.25) is 0 Å². The third kappa shape index (κ3) is 2.68. The number of hydrogen-bond acceptors (Lipinski definition) is 1. The molecule has 0 saturated heterocycles. The molecule has 0 aliphatic carbocycles. The van der Waals surface area contributed by atoms with Crippen LogP contribution in [-0.4, -0.2) is 6.98 Å². The molecule has 0 atom stereocenters. The summed E-state index contributed by atoms with van der Waals surface area (Å²) >= 11 is 0. The molecule has 0 unspecified atom stereocenters. The normalized spacial score (nSPS) is 11.5. The molecule has 2 rings (SSSR count). The van der Waals surface area contributed by atoms with Crippen LogP contribution in [0.1, 0.15) is 5.56 Å². The average Bonchev–Trinajstić information content (AvgIpc) is 2.47. The third-order valence-electron chi connectivity index (χ3n) is 2.08. The zero-order valence-electron chi connectivity index (χ0n) is 8.43. The molecule has 0 spiro atoms. The van der Waals surface area contributed by atoms with Crippen molar-refractivity contribution < 1.29 is 68.7 Å². The van der Waals surface area contributed by atoms with Crippen LogP contribution in [0.4, 0.5) is 12.9 Å². The predicted molar refractivity (Wildman–Crippen MR) is 49.7 cm³/mol. The Hall–Kier alpha value is 0.251. The second kappa shape index (κ2) is 4.63. The molecular weight excluding hydrogens is 231 g/mol. The van der Waals surface area contributed by atoms with Gasteiger partial charge in [0, 0.05) is 5.39 Å². The van der Waals surface area contributed by atoms with E-state index in [1.807, 2.05) is 0 Å². The van der Waals surface area contributed by atoms with Gasteiger partial charge in [-0.1, -0.05) is 17.1 Å². The van der Waals surface area contributed by atoms with E-state index < -0.39 is 12.4 Å². The van der Waals surface area contributed by atoms with Crippen LogP contribution in [0.15, 0.2) is 28.9 Å². The number of rotatable bonds is 1. The maximum absolute atomic E-state index is 12.6. The van der Waals surface area contributed by atoms with E-state index in [1.54, 1.807) is 13.0 Å². The van der Waals surface area contributed by atoms with Gasteiger partial charge >= 0.3 is 58.4 Å². The zero-order valence-corrected chi connectivity index (χ0v) is 11.6. The number of benzene rings is 1. The fourth-order valence-corrected chi connectivity index (χ4v) is 1.51. The molecule has 74 valence electrons. The summed E-state index contributed by atoms with van der Waals surface area (Å²) < 4.78 is 42.6. The number of fused-ring (bicyclic) bond motifs is 1. The largest absolute Gasteiger partial charge is 1.00 e. The standard InChI is InChI=1S/C9H7BF3O.K/c1-6-4-7-2-3-14-9(7)8(5-6)10(11,12)13;/h2-5H,1H3;/q-1;+1. The average molecular weight is 238 g/mol. The summed E-state index contributed by atoms with van der Waals surface area (Å²) in [6.45, 7) is -3.36. The molecule has 1 heterocycles. The molecular formula is C9H7BF3KO. The first-order valence-electron chi connectivity index (χ1n) is 4.16. The van der Waals surface area contributed by atoms with Crippen LogP contribution < -0.4 is 56.8 Å². The van der Waals surface area contributed by atoms with Gasteiger partial charge in [0.05, 0.1) is 6.26 Å². The Kier molecular flexibility index (Phi) is 4.11. The van der Waals surface area contributed by atoms with Crippen molar-refractivity contribution >= 4 is 23.4 Å². The first-order valence-corrected chi connectivity index (χ1v) is 4.16. The van der Waals surface area contributed by atoms with Crippen LogP contribution in [0.25, 0.3) is 11.0 Å². The third-order valence-corrected chi connectivity index (χ3v) is 2.08. The van der Waals surface area contributed by atoms with Crippen molar-refractivity contribution in [2.24, 2.45) is 0 Å². The van der Waals surface area contributed by atoms with Crippen molar-refractivity contribution in [3.8, 4) is 0 Å². The van der Waals surface area contributed by atoms with E-state index >= 15 is 0 Å². The maximum atomic E-state index is 12.6. The van der Waals surface area contributed by atoms with Gasteiger partial charge in [-0.15, -0.1) is 0 Å². The van der Waals surface area contributed by atoms with Crippen molar-refractivity contribution in [3.63, 3.8) is 0 Å². The molecule has 0 fully saturated rings. The summed E-state index contributed by atoms with van der Waals surface area (Å²) in [7, 11) is 0. The van der Waals surface area contributed by atoms with Gasteiger partial charge in [0.15, 0.2) is 0 Å². The second-order valence-electron chi connectivity index (χ2n) is 3.27. The SMILES string of the molecule is Cc1cc([B-](F)(F)F)c2occc2c1.[K+]. The molecule has 1 aromatic carbocycles. The molecule has 0 aliphatic rings. The van der Waals surface area contributed by atoms with Gasteiger partial charge in [-0.05, 0) is 19.1 Å². The Labute approximate surface area is 127 Å². The molecule has 0 amide bonds. The van der Waals surface area contributed by atoms with E-state index in [-0.39, 0.29) is 57.0 Å². The molecule has 0 aliphatic heterocycles. The van der Waals surface area contributed by atoms with Crippen molar-refractivity contribution in [1.29, 1.82) is 0 Å². The van der Waals surface area contributed by atoms with Crippen LogP contribution in [0.5, 0.6) is 0 Å². The Bertz CT molecular complexity index is 478. The first-order chi connectivity index (χ1) is 6.48.